The van der Waals surface area contributed by atoms with Gasteiger partial charge in [0.2, 0.25) is 5.91 Å². The van der Waals surface area contributed by atoms with Gasteiger partial charge in [-0.25, -0.2) is 0 Å². The molecule has 1 heterocycles. The zero-order valence-corrected chi connectivity index (χ0v) is 12.9. The van der Waals surface area contributed by atoms with Crippen LogP contribution in [0.25, 0.3) is 0 Å². The van der Waals surface area contributed by atoms with Crippen molar-refractivity contribution in [3.05, 3.63) is 11.8 Å². The Morgan fingerprint density at radius 1 is 1.45 bits per heavy atom. The Hall–Kier alpha value is -1.95. The number of nitrogens with two attached hydrogens (primary N) is 1. The van der Waals surface area contributed by atoms with Crippen molar-refractivity contribution in [2.24, 2.45) is 5.73 Å². The molecule has 2 amide bonds. The molecular weight excluding hydrogens is 286 g/mol. The van der Waals surface area contributed by atoms with Crippen LogP contribution in [0, 0.1) is 11.3 Å². The third kappa shape index (κ3) is 6.22. The van der Waals surface area contributed by atoms with Crippen LogP contribution in [-0.4, -0.2) is 74.1 Å². The number of amides is 2. The largest absolute Gasteiger partial charge is 0.379 e. The Bertz CT molecular complexity index is 452. The highest BCUT2D eigenvalue weighted by Gasteiger charge is 2.14. The van der Waals surface area contributed by atoms with Gasteiger partial charge in [0.05, 0.1) is 13.2 Å². The zero-order chi connectivity index (χ0) is 16.4. The molecule has 8 heteroatoms. The molecule has 0 atom stereocenters. The fourth-order valence-electron chi connectivity index (χ4n) is 1.99. The molecule has 1 rings (SSSR count). The van der Waals surface area contributed by atoms with E-state index in [0.29, 0.717) is 26.3 Å². The van der Waals surface area contributed by atoms with E-state index in [9.17, 15) is 9.59 Å². The quantitative estimate of drug-likeness (QED) is 0.444. The van der Waals surface area contributed by atoms with Crippen LogP contribution in [0.1, 0.15) is 6.92 Å². The van der Waals surface area contributed by atoms with E-state index in [1.807, 2.05) is 6.07 Å². The molecule has 1 saturated heterocycles. The van der Waals surface area contributed by atoms with E-state index in [-0.39, 0.29) is 24.6 Å². The van der Waals surface area contributed by atoms with Gasteiger partial charge in [-0.1, -0.05) is 0 Å². The number of nitrogens with zero attached hydrogens (tertiary/aromatic N) is 3. The maximum atomic E-state index is 12.0. The van der Waals surface area contributed by atoms with Crippen molar-refractivity contribution in [1.29, 1.82) is 5.26 Å². The van der Waals surface area contributed by atoms with Gasteiger partial charge in [0.15, 0.2) is 0 Å². The average molecular weight is 309 g/mol. The maximum Gasteiger partial charge on any atom is 0.263 e. The summed E-state index contributed by atoms with van der Waals surface area (Å²) in [5.74, 6) is -0.752. The fraction of sp³-hybridized carbons (Fsp3) is 0.643. The first-order chi connectivity index (χ1) is 10.6. The molecule has 3 N–H and O–H groups in total. The van der Waals surface area contributed by atoms with E-state index in [2.05, 4.69) is 10.2 Å². The third-order valence-corrected chi connectivity index (χ3v) is 3.24. The topological polar surface area (TPSA) is 112 Å². The summed E-state index contributed by atoms with van der Waals surface area (Å²) >= 11 is 0. The summed E-state index contributed by atoms with van der Waals surface area (Å²) in [4.78, 5) is 26.8. The smallest absolute Gasteiger partial charge is 0.263 e. The van der Waals surface area contributed by atoms with Crippen molar-refractivity contribution < 1.29 is 14.3 Å². The zero-order valence-electron chi connectivity index (χ0n) is 12.9. The van der Waals surface area contributed by atoms with Crippen molar-refractivity contribution in [2.45, 2.75) is 6.92 Å². The molecule has 1 aliphatic heterocycles. The van der Waals surface area contributed by atoms with Gasteiger partial charge in [0.1, 0.15) is 11.6 Å². The van der Waals surface area contributed by atoms with E-state index in [1.165, 1.54) is 18.0 Å². The summed E-state index contributed by atoms with van der Waals surface area (Å²) in [7, 11) is 0. The molecule has 0 unspecified atom stereocenters. The monoisotopic (exact) mass is 309 g/mol. The number of ether oxygens (including phenoxy) is 1. The standard InChI is InChI=1S/C14H23N5O3/c1-12(20)19(4-2-15)11-13(10-16)14(21)17-3-5-18-6-8-22-9-7-18/h11H,2-9,15H2,1H3,(H,17,21)/b13-11-. The minimum atomic E-state index is -0.487. The number of nitrogens with one attached hydrogen (secondary N) is 1. The summed E-state index contributed by atoms with van der Waals surface area (Å²) in [5, 5.41) is 11.8. The lowest BCUT2D eigenvalue weighted by molar-refractivity contribution is -0.126. The maximum absolute atomic E-state index is 12.0. The molecule has 0 aliphatic carbocycles. The first kappa shape index (κ1) is 18.1. The Kier molecular flexibility index (Phi) is 8.14. The van der Waals surface area contributed by atoms with Gasteiger partial charge >= 0.3 is 0 Å². The second-order valence-corrected chi connectivity index (χ2v) is 4.87. The summed E-state index contributed by atoms with van der Waals surface area (Å²) in [6.45, 7) is 6.10. The Morgan fingerprint density at radius 3 is 2.68 bits per heavy atom. The van der Waals surface area contributed by atoms with Crippen LogP contribution in [0.2, 0.25) is 0 Å². The normalized spacial score (nSPS) is 16.0. The molecule has 0 aromatic heterocycles. The Labute approximate surface area is 130 Å². The van der Waals surface area contributed by atoms with E-state index in [1.54, 1.807) is 0 Å². The molecule has 0 saturated carbocycles. The van der Waals surface area contributed by atoms with Crippen molar-refractivity contribution in [2.75, 3.05) is 52.5 Å². The van der Waals surface area contributed by atoms with E-state index in [0.717, 1.165) is 13.1 Å². The van der Waals surface area contributed by atoms with Crippen molar-refractivity contribution in [3.63, 3.8) is 0 Å². The van der Waals surface area contributed by atoms with Crippen LogP contribution in [0.4, 0.5) is 0 Å². The molecule has 22 heavy (non-hydrogen) atoms. The molecule has 0 radical (unpaired) electrons. The minimum Gasteiger partial charge on any atom is -0.379 e. The molecule has 0 bridgehead atoms. The highest BCUT2D eigenvalue weighted by molar-refractivity contribution is 5.97. The molecule has 8 nitrogen and oxygen atoms in total. The number of rotatable bonds is 7. The predicted molar refractivity (Wildman–Crippen MR) is 80.4 cm³/mol. The van der Waals surface area contributed by atoms with Gasteiger partial charge in [-0.15, -0.1) is 0 Å². The Balaban J connectivity index is 2.49. The lowest BCUT2D eigenvalue weighted by atomic mass is 10.2. The van der Waals surface area contributed by atoms with Crippen molar-refractivity contribution in [3.8, 4) is 6.07 Å². The van der Waals surface area contributed by atoms with Gasteiger partial charge in [-0.2, -0.15) is 5.26 Å². The van der Waals surface area contributed by atoms with Gasteiger partial charge in [0, 0.05) is 52.4 Å². The fourth-order valence-corrected chi connectivity index (χ4v) is 1.99. The highest BCUT2D eigenvalue weighted by atomic mass is 16.5. The lowest BCUT2D eigenvalue weighted by Crippen LogP contribution is -2.41. The van der Waals surface area contributed by atoms with Crippen LogP contribution in [0.5, 0.6) is 0 Å². The number of hydrogen-bond donors (Lipinski definition) is 2. The summed E-state index contributed by atoms with van der Waals surface area (Å²) in [6, 6.07) is 1.81. The molecule has 1 aliphatic rings. The number of carbonyl (C=O) groups excluding carboxylic acids is 2. The molecule has 0 spiro atoms. The van der Waals surface area contributed by atoms with Crippen LogP contribution in [0.15, 0.2) is 11.8 Å². The predicted octanol–water partition coefficient (Wildman–Crippen LogP) is -1.35. The third-order valence-electron chi connectivity index (χ3n) is 3.24. The van der Waals surface area contributed by atoms with Crippen LogP contribution < -0.4 is 11.1 Å². The molecular formula is C14H23N5O3. The summed E-state index contributed by atoms with van der Waals surface area (Å²) < 4.78 is 5.24. The second-order valence-electron chi connectivity index (χ2n) is 4.87. The van der Waals surface area contributed by atoms with Crippen LogP contribution in [0.3, 0.4) is 0 Å². The van der Waals surface area contributed by atoms with Gasteiger partial charge in [-0.05, 0) is 0 Å². The second kappa shape index (κ2) is 9.89. The van der Waals surface area contributed by atoms with Crippen LogP contribution >= 0.6 is 0 Å². The first-order valence-electron chi connectivity index (χ1n) is 7.26. The lowest BCUT2D eigenvalue weighted by Gasteiger charge is -2.26. The van der Waals surface area contributed by atoms with Crippen molar-refractivity contribution in [1.82, 2.24) is 15.1 Å². The van der Waals surface area contributed by atoms with Crippen molar-refractivity contribution >= 4 is 11.8 Å². The SMILES string of the molecule is CC(=O)N(/C=C(/C#N)C(=O)NCCN1CCOCC1)CCN. The highest BCUT2D eigenvalue weighted by Crippen LogP contribution is 1.99. The number of nitriles is 1. The van der Waals surface area contributed by atoms with Gasteiger partial charge in [-0.3, -0.25) is 14.5 Å². The van der Waals surface area contributed by atoms with E-state index < -0.39 is 5.91 Å². The molecule has 1 fully saturated rings. The number of carbonyl (C=O) groups is 2. The Morgan fingerprint density at radius 2 is 2.14 bits per heavy atom. The average Bonchev–Trinajstić information content (AvgIpc) is 2.52. The van der Waals surface area contributed by atoms with Gasteiger partial charge in [0.25, 0.3) is 5.91 Å². The minimum absolute atomic E-state index is 0.106. The number of morpholine rings is 1. The first-order valence-corrected chi connectivity index (χ1v) is 7.26. The molecule has 0 aromatic rings. The summed E-state index contributed by atoms with van der Waals surface area (Å²) in [6.07, 6.45) is 1.25. The van der Waals surface area contributed by atoms with Gasteiger partial charge < -0.3 is 20.7 Å². The number of hydrogen-bond acceptors (Lipinski definition) is 6. The van der Waals surface area contributed by atoms with Crippen LogP contribution in [-0.2, 0) is 14.3 Å². The van der Waals surface area contributed by atoms with E-state index in [4.69, 9.17) is 15.7 Å². The molecule has 0 aromatic carbocycles. The summed E-state index contributed by atoms with van der Waals surface area (Å²) in [5.41, 5.74) is 5.30. The molecule has 122 valence electrons. The van der Waals surface area contributed by atoms with E-state index >= 15 is 0 Å².